The molecule has 4 nitrogen and oxygen atoms in total. The van der Waals surface area contributed by atoms with Crippen molar-refractivity contribution >= 4 is 22.6 Å². The van der Waals surface area contributed by atoms with E-state index in [2.05, 4.69) is 72.0 Å². The van der Waals surface area contributed by atoms with Crippen molar-refractivity contribution in [3.05, 3.63) is 59.9 Å². The molecule has 0 aliphatic carbocycles. The number of pyridine rings is 1. The van der Waals surface area contributed by atoms with E-state index in [9.17, 15) is 0 Å². The minimum atomic E-state index is 0.0745. The van der Waals surface area contributed by atoms with Gasteiger partial charge in [0.2, 0.25) is 0 Å². The van der Waals surface area contributed by atoms with Crippen LogP contribution in [0.15, 0.2) is 53.7 Å². The molecule has 0 amide bonds. The van der Waals surface area contributed by atoms with E-state index in [4.69, 9.17) is 4.99 Å². The average Bonchev–Trinajstić information content (AvgIpc) is 3.20. The third-order valence-electron chi connectivity index (χ3n) is 5.24. The first-order valence-corrected chi connectivity index (χ1v) is 10.4. The third-order valence-corrected chi connectivity index (χ3v) is 6.35. The lowest BCUT2D eigenvalue weighted by atomic mass is 9.96. The highest BCUT2D eigenvalue weighted by atomic mass is 32.2. The summed E-state index contributed by atoms with van der Waals surface area (Å²) in [4.78, 5) is 14.5. The van der Waals surface area contributed by atoms with Gasteiger partial charge in [0, 0.05) is 36.8 Å². The highest BCUT2D eigenvalue weighted by Gasteiger charge is 2.43. The van der Waals surface area contributed by atoms with E-state index in [1.165, 1.54) is 16.4 Å². The number of aliphatic imine (C=N–C) groups is 1. The number of rotatable bonds is 5. The van der Waals surface area contributed by atoms with Crippen LogP contribution in [0, 0.1) is 0 Å². The number of anilines is 1. The van der Waals surface area contributed by atoms with Crippen LogP contribution in [-0.4, -0.2) is 39.9 Å². The van der Waals surface area contributed by atoms with Crippen LogP contribution in [0.3, 0.4) is 0 Å². The minimum absolute atomic E-state index is 0.0745. The molecule has 0 bridgehead atoms. The van der Waals surface area contributed by atoms with Gasteiger partial charge >= 0.3 is 0 Å². The van der Waals surface area contributed by atoms with Gasteiger partial charge in [-0.1, -0.05) is 36.9 Å². The lowest BCUT2D eigenvalue weighted by Crippen LogP contribution is -2.28. The highest BCUT2D eigenvalue weighted by Crippen LogP contribution is 2.47. The zero-order valence-electron chi connectivity index (χ0n) is 15.7. The summed E-state index contributed by atoms with van der Waals surface area (Å²) in [6.07, 6.45) is 1.87. The molecule has 0 N–H and O–H groups in total. The van der Waals surface area contributed by atoms with E-state index >= 15 is 0 Å². The van der Waals surface area contributed by atoms with Crippen molar-refractivity contribution in [3.63, 3.8) is 0 Å². The molecule has 5 heteroatoms. The van der Waals surface area contributed by atoms with Crippen LogP contribution >= 0.6 is 11.8 Å². The maximum atomic E-state index is 5.05. The number of benzene rings is 1. The van der Waals surface area contributed by atoms with E-state index in [-0.39, 0.29) is 12.1 Å². The van der Waals surface area contributed by atoms with Crippen LogP contribution in [0.5, 0.6) is 0 Å². The molecule has 3 heterocycles. The summed E-state index contributed by atoms with van der Waals surface area (Å²) in [6.45, 7) is 9.80. The molecule has 2 aliphatic heterocycles. The maximum absolute atomic E-state index is 5.05. The number of nitrogens with zero attached hydrogens (tertiary/aromatic N) is 4. The molecule has 136 valence electrons. The van der Waals surface area contributed by atoms with Gasteiger partial charge in [-0.15, -0.1) is 0 Å². The quantitative estimate of drug-likeness (QED) is 0.779. The number of amidine groups is 1. The summed E-state index contributed by atoms with van der Waals surface area (Å²) in [5.74, 6) is 0. The standard InChI is InChI=1S/C21H26N4S/c1-4-24(5-2)17-11-9-16(10-12-17)20-19(18-8-6-7-13-22-18)23-21-25(20)14-15(3)26-21/h6-13,15,19-20H,4-5,14H2,1-3H3/t15-,19+,20-/m0/s1. The van der Waals surface area contributed by atoms with E-state index in [0.717, 1.165) is 25.3 Å². The van der Waals surface area contributed by atoms with Crippen molar-refractivity contribution in [2.75, 3.05) is 24.5 Å². The Morgan fingerprint density at radius 3 is 2.54 bits per heavy atom. The van der Waals surface area contributed by atoms with Crippen LogP contribution in [0.1, 0.15) is 44.1 Å². The molecular weight excluding hydrogens is 340 g/mol. The van der Waals surface area contributed by atoms with Crippen LogP contribution < -0.4 is 4.90 Å². The molecule has 0 spiro atoms. The summed E-state index contributed by atoms with van der Waals surface area (Å²) in [5, 5.41) is 1.77. The van der Waals surface area contributed by atoms with Gasteiger partial charge in [0.1, 0.15) is 6.04 Å². The zero-order valence-corrected chi connectivity index (χ0v) is 16.5. The summed E-state index contributed by atoms with van der Waals surface area (Å²) >= 11 is 1.89. The second-order valence-electron chi connectivity index (χ2n) is 6.90. The Hall–Kier alpha value is -2.01. The third kappa shape index (κ3) is 3.09. The monoisotopic (exact) mass is 366 g/mol. The van der Waals surface area contributed by atoms with Gasteiger partial charge in [-0.3, -0.25) is 9.98 Å². The molecule has 26 heavy (non-hydrogen) atoms. The van der Waals surface area contributed by atoms with Crippen molar-refractivity contribution < 1.29 is 0 Å². The Labute approximate surface area is 160 Å². The first-order chi connectivity index (χ1) is 12.7. The normalized spacial score (nSPS) is 24.5. The van der Waals surface area contributed by atoms with Crippen molar-refractivity contribution in [2.45, 2.75) is 38.1 Å². The molecule has 3 atom stereocenters. The zero-order chi connectivity index (χ0) is 18.1. The van der Waals surface area contributed by atoms with Gasteiger partial charge in [-0.2, -0.15) is 0 Å². The molecule has 0 radical (unpaired) electrons. The number of hydrogen-bond donors (Lipinski definition) is 0. The highest BCUT2D eigenvalue weighted by molar-refractivity contribution is 8.14. The molecule has 1 fully saturated rings. The van der Waals surface area contributed by atoms with Gasteiger partial charge in [-0.25, -0.2) is 0 Å². The summed E-state index contributed by atoms with van der Waals surface area (Å²) in [6, 6.07) is 15.5. The molecule has 2 aromatic rings. The molecule has 0 saturated carbocycles. The Morgan fingerprint density at radius 1 is 1.12 bits per heavy atom. The molecule has 4 rings (SSSR count). The summed E-state index contributed by atoms with van der Waals surface area (Å²) in [5.41, 5.74) is 3.67. The van der Waals surface area contributed by atoms with Gasteiger partial charge in [0.15, 0.2) is 5.17 Å². The number of hydrogen-bond acceptors (Lipinski definition) is 5. The van der Waals surface area contributed by atoms with E-state index in [1.807, 2.05) is 24.0 Å². The van der Waals surface area contributed by atoms with Gasteiger partial charge in [-0.05, 0) is 43.7 Å². The van der Waals surface area contributed by atoms with Crippen molar-refractivity contribution in [2.24, 2.45) is 4.99 Å². The van der Waals surface area contributed by atoms with Crippen molar-refractivity contribution in [1.82, 2.24) is 9.88 Å². The van der Waals surface area contributed by atoms with Crippen molar-refractivity contribution in [1.29, 1.82) is 0 Å². The summed E-state index contributed by atoms with van der Waals surface area (Å²) < 4.78 is 0. The Morgan fingerprint density at radius 2 is 1.88 bits per heavy atom. The largest absolute Gasteiger partial charge is 0.372 e. The topological polar surface area (TPSA) is 31.7 Å². The van der Waals surface area contributed by atoms with Gasteiger partial charge in [0.25, 0.3) is 0 Å². The SMILES string of the molecule is CCN(CC)c1ccc([C@H]2[C@@H](c3ccccn3)N=C3S[C@@H](C)CN32)cc1. The molecule has 0 unspecified atom stereocenters. The predicted molar refractivity (Wildman–Crippen MR) is 111 cm³/mol. The Bertz CT molecular complexity index is 770. The fraction of sp³-hybridized carbons (Fsp3) is 0.429. The first-order valence-electron chi connectivity index (χ1n) is 9.48. The fourth-order valence-corrected chi connectivity index (χ4v) is 5.04. The molecule has 1 saturated heterocycles. The molecule has 1 aromatic carbocycles. The average molecular weight is 367 g/mol. The maximum Gasteiger partial charge on any atom is 0.160 e. The Kier molecular flexibility index (Phi) is 4.90. The number of aromatic nitrogens is 1. The molecule has 1 aromatic heterocycles. The second kappa shape index (κ2) is 7.31. The van der Waals surface area contributed by atoms with E-state index < -0.39 is 0 Å². The lowest BCUT2D eigenvalue weighted by molar-refractivity contribution is 0.321. The second-order valence-corrected chi connectivity index (χ2v) is 8.31. The van der Waals surface area contributed by atoms with Gasteiger partial charge < -0.3 is 9.80 Å². The first kappa shape index (κ1) is 17.4. The number of fused-ring (bicyclic) bond motifs is 1. The molecular formula is C21H26N4S. The predicted octanol–water partition coefficient (Wildman–Crippen LogP) is 4.52. The number of thioether (sulfide) groups is 1. The smallest absolute Gasteiger partial charge is 0.160 e. The van der Waals surface area contributed by atoms with Gasteiger partial charge in [0.05, 0.1) is 11.7 Å². The van der Waals surface area contributed by atoms with Crippen LogP contribution in [-0.2, 0) is 0 Å². The van der Waals surface area contributed by atoms with Crippen LogP contribution in [0.2, 0.25) is 0 Å². The fourth-order valence-electron chi connectivity index (χ4n) is 3.95. The Balaban J connectivity index is 1.68. The summed E-state index contributed by atoms with van der Waals surface area (Å²) in [7, 11) is 0. The van der Waals surface area contributed by atoms with Crippen LogP contribution in [0.4, 0.5) is 5.69 Å². The van der Waals surface area contributed by atoms with Crippen LogP contribution in [0.25, 0.3) is 0 Å². The van der Waals surface area contributed by atoms with E-state index in [0.29, 0.717) is 5.25 Å². The molecule has 2 aliphatic rings. The minimum Gasteiger partial charge on any atom is -0.372 e. The lowest BCUT2D eigenvalue weighted by Gasteiger charge is -2.28. The van der Waals surface area contributed by atoms with Crippen molar-refractivity contribution in [3.8, 4) is 0 Å². The van der Waals surface area contributed by atoms with E-state index in [1.54, 1.807) is 0 Å².